The van der Waals surface area contributed by atoms with Gasteiger partial charge in [0.05, 0.1) is 12.4 Å². The Kier molecular flexibility index (Phi) is 4.59. The summed E-state index contributed by atoms with van der Waals surface area (Å²) >= 11 is 1.82. The Hall–Kier alpha value is -1.55. The molecule has 0 radical (unpaired) electrons. The average molecular weight is 260 g/mol. The number of methoxy groups -OCH3 is 1. The lowest BCUT2D eigenvalue weighted by Gasteiger charge is -2.10. The molecule has 0 fully saturated rings. The number of thioether (sulfide) groups is 1. The first-order valence-electron chi connectivity index (χ1n) is 5.81. The number of benzene rings is 1. The van der Waals surface area contributed by atoms with E-state index < -0.39 is 0 Å². The van der Waals surface area contributed by atoms with Gasteiger partial charge in [0.15, 0.2) is 0 Å². The largest absolute Gasteiger partial charge is 0.497 e. The van der Waals surface area contributed by atoms with Crippen LogP contribution >= 0.6 is 11.8 Å². The minimum Gasteiger partial charge on any atom is -0.497 e. The zero-order chi connectivity index (χ0) is 12.8. The highest BCUT2D eigenvalue weighted by molar-refractivity contribution is 7.98. The maximum Gasteiger partial charge on any atom is 0.140 e. The van der Waals surface area contributed by atoms with Gasteiger partial charge in [0, 0.05) is 18.1 Å². The van der Waals surface area contributed by atoms with E-state index in [1.54, 1.807) is 19.5 Å². The Morgan fingerprint density at radius 2 is 2.00 bits per heavy atom. The summed E-state index contributed by atoms with van der Waals surface area (Å²) in [6, 6.07) is 9.97. The highest BCUT2D eigenvalue weighted by atomic mass is 32.2. The number of nitrogens with zero attached hydrogens (tertiary/aromatic N) is 2. The molecule has 1 aromatic heterocycles. The number of hydrogen-bond acceptors (Lipinski definition) is 4. The van der Waals surface area contributed by atoms with Crippen molar-refractivity contribution in [2.75, 3.05) is 7.11 Å². The van der Waals surface area contributed by atoms with Gasteiger partial charge >= 0.3 is 0 Å². The van der Waals surface area contributed by atoms with Gasteiger partial charge in [-0.05, 0) is 30.7 Å². The number of rotatable bonds is 5. The molecule has 2 rings (SSSR count). The summed E-state index contributed by atoms with van der Waals surface area (Å²) in [5.41, 5.74) is 1.25. The third-order valence-corrected chi connectivity index (χ3v) is 3.79. The van der Waals surface area contributed by atoms with E-state index in [1.165, 1.54) is 5.56 Å². The van der Waals surface area contributed by atoms with Crippen molar-refractivity contribution >= 4 is 11.8 Å². The molecule has 0 saturated heterocycles. The van der Waals surface area contributed by atoms with E-state index in [9.17, 15) is 0 Å². The van der Waals surface area contributed by atoms with Gasteiger partial charge < -0.3 is 4.74 Å². The second-order valence-corrected chi connectivity index (χ2v) is 5.24. The molecule has 2 aromatic rings. The Morgan fingerprint density at radius 1 is 1.22 bits per heavy atom. The van der Waals surface area contributed by atoms with E-state index in [-0.39, 0.29) is 5.25 Å². The van der Waals surface area contributed by atoms with Crippen LogP contribution in [0.5, 0.6) is 5.75 Å². The van der Waals surface area contributed by atoms with Gasteiger partial charge in [-0.3, -0.25) is 0 Å². The summed E-state index contributed by atoms with van der Waals surface area (Å²) in [5, 5.41) is 0.289. The van der Waals surface area contributed by atoms with Crippen LogP contribution in [0.4, 0.5) is 0 Å². The molecule has 18 heavy (non-hydrogen) atoms. The van der Waals surface area contributed by atoms with Crippen LogP contribution in [0.1, 0.15) is 23.6 Å². The second-order valence-electron chi connectivity index (χ2n) is 3.91. The molecule has 3 nitrogen and oxygen atoms in total. The predicted octanol–water partition coefficient (Wildman–Crippen LogP) is 3.48. The van der Waals surface area contributed by atoms with Crippen LogP contribution in [0.25, 0.3) is 0 Å². The lowest BCUT2D eigenvalue weighted by molar-refractivity contribution is 0.414. The molecule has 0 saturated carbocycles. The topological polar surface area (TPSA) is 35.0 Å². The first-order chi connectivity index (χ1) is 8.79. The van der Waals surface area contributed by atoms with Crippen molar-refractivity contribution < 1.29 is 4.74 Å². The quantitative estimate of drug-likeness (QED) is 0.824. The van der Waals surface area contributed by atoms with E-state index >= 15 is 0 Å². The summed E-state index contributed by atoms with van der Waals surface area (Å²) in [5.74, 6) is 2.71. The normalized spacial score (nSPS) is 12.1. The summed E-state index contributed by atoms with van der Waals surface area (Å²) in [6.45, 7) is 2.13. The van der Waals surface area contributed by atoms with Crippen LogP contribution in [0, 0.1) is 0 Å². The Morgan fingerprint density at radius 3 is 2.72 bits per heavy atom. The fourth-order valence-corrected chi connectivity index (χ4v) is 2.47. The molecule has 4 heteroatoms. The minimum atomic E-state index is 0.289. The molecule has 0 amide bonds. The van der Waals surface area contributed by atoms with E-state index in [2.05, 4.69) is 29.0 Å². The fraction of sp³-hybridized carbons (Fsp3) is 0.286. The summed E-state index contributed by atoms with van der Waals surface area (Å²) in [4.78, 5) is 8.54. The smallest absolute Gasteiger partial charge is 0.140 e. The van der Waals surface area contributed by atoms with Crippen LogP contribution in [-0.2, 0) is 5.75 Å². The Labute approximate surface area is 112 Å². The Bertz CT molecular complexity index is 490. The lowest BCUT2D eigenvalue weighted by Crippen LogP contribution is -1.96. The van der Waals surface area contributed by atoms with Gasteiger partial charge in [-0.15, -0.1) is 11.8 Å². The number of ether oxygens (including phenoxy) is 1. The maximum absolute atomic E-state index is 5.21. The van der Waals surface area contributed by atoms with Gasteiger partial charge in [0.1, 0.15) is 11.6 Å². The van der Waals surface area contributed by atoms with E-state index in [0.29, 0.717) is 0 Å². The monoisotopic (exact) mass is 260 g/mol. The van der Waals surface area contributed by atoms with E-state index in [4.69, 9.17) is 4.74 Å². The SMILES string of the molecule is COc1cccc(CSC(C)c2ncccn2)c1. The molecule has 0 aliphatic carbocycles. The Balaban J connectivity index is 1.95. The lowest BCUT2D eigenvalue weighted by atomic mass is 10.2. The van der Waals surface area contributed by atoms with Crippen molar-refractivity contribution in [1.82, 2.24) is 9.97 Å². The molecule has 0 aliphatic heterocycles. The average Bonchev–Trinajstić information content (AvgIpc) is 2.46. The van der Waals surface area contributed by atoms with Gasteiger partial charge in [0.25, 0.3) is 0 Å². The van der Waals surface area contributed by atoms with Crippen LogP contribution in [0.2, 0.25) is 0 Å². The molecule has 1 unspecified atom stereocenters. The van der Waals surface area contributed by atoms with Crippen molar-refractivity contribution in [2.24, 2.45) is 0 Å². The summed E-state index contributed by atoms with van der Waals surface area (Å²) in [6.07, 6.45) is 3.57. The predicted molar refractivity (Wildman–Crippen MR) is 74.7 cm³/mol. The van der Waals surface area contributed by atoms with Crippen LogP contribution in [-0.4, -0.2) is 17.1 Å². The van der Waals surface area contributed by atoms with E-state index in [0.717, 1.165) is 17.3 Å². The maximum atomic E-state index is 5.21. The second kappa shape index (κ2) is 6.40. The molecule has 0 aliphatic rings. The standard InChI is InChI=1S/C14H16N2OS/c1-11(14-15-7-4-8-16-14)18-10-12-5-3-6-13(9-12)17-2/h3-9,11H,10H2,1-2H3. The van der Waals surface area contributed by atoms with Crippen LogP contribution < -0.4 is 4.74 Å². The molecule has 94 valence electrons. The molecule has 0 N–H and O–H groups in total. The third-order valence-electron chi connectivity index (χ3n) is 2.58. The van der Waals surface area contributed by atoms with Crippen LogP contribution in [0.3, 0.4) is 0 Å². The molecule has 0 spiro atoms. The first-order valence-corrected chi connectivity index (χ1v) is 6.86. The van der Waals surface area contributed by atoms with Gasteiger partial charge in [-0.25, -0.2) is 9.97 Å². The van der Waals surface area contributed by atoms with Gasteiger partial charge in [-0.2, -0.15) is 0 Å². The van der Waals surface area contributed by atoms with Crippen molar-refractivity contribution in [3.05, 3.63) is 54.1 Å². The zero-order valence-corrected chi connectivity index (χ0v) is 11.4. The molecular formula is C14H16N2OS. The molecule has 1 heterocycles. The summed E-state index contributed by atoms with van der Waals surface area (Å²) < 4.78 is 5.21. The number of hydrogen-bond donors (Lipinski definition) is 0. The van der Waals surface area contributed by atoms with Crippen molar-refractivity contribution in [1.29, 1.82) is 0 Å². The highest BCUT2D eigenvalue weighted by Gasteiger charge is 2.08. The van der Waals surface area contributed by atoms with Gasteiger partial charge in [0.2, 0.25) is 0 Å². The molecule has 1 aromatic carbocycles. The highest BCUT2D eigenvalue weighted by Crippen LogP contribution is 2.29. The molecule has 1 atom stereocenters. The molecular weight excluding hydrogens is 244 g/mol. The van der Waals surface area contributed by atoms with Crippen LogP contribution in [0.15, 0.2) is 42.7 Å². The number of aromatic nitrogens is 2. The third kappa shape index (κ3) is 3.47. The van der Waals surface area contributed by atoms with Gasteiger partial charge in [-0.1, -0.05) is 12.1 Å². The summed E-state index contributed by atoms with van der Waals surface area (Å²) in [7, 11) is 1.69. The zero-order valence-electron chi connectivity index (χ0n) is 10.5. The van der Waals surface area contributed by atoms with E-state index in [1.807, 2.05) is 30.0 Å². The van der Waals surface area contributed by atoms with Crippen molar-refractivity contribution in [2.45, 2.75) is 17.9 Å². The molecule has 0 bridgehead atoms. The van der Waals surface area contributed by atoms with Crippen molar-refractivity contribution in [3.63, 3.8) is 0 Å². The minimum absolute atomic E-state index is 0.289. The first kappa shape index (κ1) is 12.9. The fourth-order valence-electron chi connectivity index (χ4n) is 1.58. The van der Waals surface area contributed by atoms with Crippen molar-refractivity contribution in [3.8, 4) is 5.75 Å².